The molecule has 80 valence electrons. The topological polar surface area (TPSA) is 46.2 Å². The van der Waals surface area contributed by atoms with Gasteiger partial charge < -0.3 is 10.8 Å². The number of hydrogen-bond donors (Lipinski definition) is 2. The van der Waals surface area contributed by atoms with Crippen LogP contribution in [0.4, 0.5) is 4.39 Å². The van der Waals surface area contributed by atoms with Crippen LogP contribution in [0.25, 0.3) is 0 Å². The van der Waals surface area contributed by atoms with E-state index >= 15 is 0 Å². The lowest BCUT2D eigenvalue weighted by Crippen LogP contribution is -2.12. The second-order valence-corrected chi connectivity index (χ2v) is 3.64. The van der Waals surface area contributed by atoms with Crippen molar-refractivity contribution in [2.45, 2.75) is 12.5 Å². The summed E-state index contributed by atoms with van der Waals surface area (Å²) in [4.78, 5) is 0. The fourth-order valence-electron chi connectivity index (χ4n) is 1.10. The highest BCUT2D eigenvalue weighted by Gasteiger charge is 2.09. The quantitative estimate of drug-likeness (QED) is 0.895. The highest BCUT2D eigenvalue weighted by Crippen LogP contribution is 2.24. The lowest BCUT2D eigenvalue weighted by molar-refractivity contribution is 0.276. The van der Waals surface area contributed by atoms with E-state index in [1.807, 2.05) is 0 Å². The molecule has 0 radical (unpaired) electrons. The van der Waals surface area contributed by atoms with Gasteiger partial charge in [-0.25, -0.2) is 4.39 Å². The molecule has 14 heavy (non-hydrogen) atoms. The van der Waals surface area contributed by atoms with Crippen molar-refractivity contribution < 1.29 is 9.50 Å². The van der Waals surface area contributed by atoms with E-state index in [0.717, 1.165) is 5.56 Å². The van der Waals surface area contributed by atoms with Gasteiger partial charge in [-0.3, -0.25) is 0 Å². The molecule has 1 rings (SSSR count). The molecule has 1 aromatic rings. The third-order valence-electron chi connectivity index (χ3n) is 1.80. The predicted octanol–water partition coefficient (Wildman–Crippen LogP) is 2.39. The Hall–Kier alpha value is -0.160. The Balaban J connectivity index is 0.00000169. The van der Waals surface area contributed by atoms with Crippen molar-refractivity contribution in [3.05, 3.63) is 34.1 Å². The van der Waals surface area contributed by atoms with Crippen LogP contribution in [0.3, 0.4) is 0 Å². The summed E-state index contributed by atoms with van der Waals surface area (Å²) in [6.45, 7) is 0.0327. The zero-order valence-corrected chi connectivity index (χ0v) is 9.81. The smallest absolute Gasteiger partial charge is 0.124 e. The van der Waals surface area contributed by atoms with Crippen molar-refractivity contribution in [3.8, 4) is 0 Å². The van der Waals surface area contributed by atoms with E-state index < -0.39 is 0 Å². The van der Waals surface area contributed by atoms with Crippen LogP contribution < -0.4 is 5.73 Å². The van der Waals surface area contributed by atoms with Gasteiger partial charge in [0.2, 0.25) is 0 Å². The molecule has 0 aliphatic heterocycles. The third-order valence-corrected chi connectivity index (χ3v) is 2.49. The highest BCUT2D eigenvalue weighted by atomic mass is 79.9. The minimum atomic E-state index is -0.299. The van der Waals surface area contributed by atoms with Crippen molar-refractivity contribution in [3.63, 3.8) is 0 Å². The maximum absolute atomic E-state index is 12.7. The van der Waals surface area contributed by atoms with Crippen molar-refractivity contribution in [2.24, 2.45) is 5.73 Å². The van der Waals surface area contributed by atoms with Crippen LogP contribution in [0.5, 0.6) is 0 Å². The number of aliphatic hydroxyl groups excluding tert-OH is 1. The number of rotatable bonds is 3. The Morgan fingerprint density at radius 1 is 1.50 bits per heavy atom. The Morgan fingerprint density at radius 2 is 2.14 bits per heavy atom. The van der Waals surface area contributed by atoms with Crippen LogP contribution >= 0.6 is 28.3 Å². The van der Waals surface area contributed by atoms with Crippen molar-refractivity contribution >= 4 is 28.3 Å². The lowest BCUT2D eigenvalue weighted by Gasteiger charge is -2.11. The van der Waals surface area contributed by atoms with E-state index in [4.69, 9.17) is 10.8 Å². The predicted molar refractivity (Wildman–Crippen MR) is 60.0 cm³/mol. The summed E-state index contributed by atoms with van der Waals surface area (Å²) < 4.78 is 13.3. The normalized spacial score (nSPS) is 12.0. The van der Waals surface area contributed by atoms with Gasteiger partial charge in [-0.05, 0) is 24.1 Å². The molecule has 3 N–H and O–H groups in total. The molecule has 1 aromatic carbocycles. The zero-order valence-electron chi connectivity index (χ0n) is 7.41. The number of benzene rings is 1. The fraction of sp³-hybridized carbons (Fsp3) is 0.333. The molecule has 0 amide bonds. The molecular weight excluding hydrogens is 272 g/mol. The molecule has 0 unspecified atom stereocenters. The van der Waals surface area contributed by atoms with Crippen LogP contribution in [0, 0.1) is 5.82 Å². The molecule has 0 bridgehead atoms. The van der Waals surface area contributed by atoms with Gasteiger partial charge in [-0.1, -0.05) is 22.0 Å². The summed E-state index contributed by atoms with van der Waals surface area (Å²) in [6, 6.07) is 4.10. The fourth-order valence-corrected chi connectivity index (χ4v) is 1.74. The summed E-state index contributed by atoms with van der Waals surface area (Å²) >= 11 is 3.22. The molecule has 2 nitrogen and oxygen atoms in total. The van der Waals surface area contributed by atoms with E-state index in [0.29, 0.717) is 10.9 Å². The van der Waals surface area contributed by atoms with Gasteiger partial charge in [0.05, 0.1) is 0 Å². The molecule has 0 aromatic heterocycles. The van der Waals surface area contributed by atoms with Gasteiger partial charge in [-0.2, -0.15) is 0 Å². The Morgan fingerprint density at radius 3 is 2.64 bits per heavy atom. The van der Waals surface area contributed by atoms with Crippen LogP contribution in [0.2, 0.25) is 0 Å². The lowest BCUT2D eigenvalue weighted by atomic mass is 10.1. The first-order valence-corrected chi connectivity index (χ1v) is 4.76. The number of aliphatic hydroxyl groups is 1. The van der Waals surface area contributed by atoms with Gasteiger partial charge >= 0.3 is 0 Å². The third kappa shape index (κ3) is 3.53. The van der Waals surface area contributed by atoms with Crippen molar-refractivity contribution in [2.75, 3.05) is 6.61 Å². The van der Waals surface area contributed by atoms with Gasteiger partial charge in [0.25, 0.3) is 0 Å². The first-order valence-electron chi connectivity index (χ1n) is 3.96. The molecule has 0 spiro atoms. The molecule has 0 heterocycles. The zero-order chi connectivity index (χ0) is 9.84. The first-order chi connectivity index (χ1) is 6.15. The molecule has 0 aliphatic carbocycles. The van der Waals surface area contributed by atoms with Gasteiger partial charge in [0, 0.05) is 17.1 Å². The van der Waals surface area contributed by atoms with Crippen molar-refractivity contribution in [1.82, 2.24) is 0 Å². The number of halogens is 3. The number of hydrogen-bond acceptors (Lipinski definition) is 2. The molecule has 0 saturated heterocycles. The largest absolute Gasteiger partial charge is 0.396 e. The van der Waals surface area contributed by atoms with Crippen molar-refractivity contribution in [1.29, 1.82) is 0 Å². The first kappa shape index (κ1) is 13.8. The Labute approximate surface area is 96.8 Å². The average Bonchev–Trinajstić information content (AvgIpc) is 2.04. The Kier molecular flexibility index (Phi) is 6.27. The molecule has 0 aliphatic rings. The second kappa shape index (κ2) is 6.35. The highest BCUT2D eigenvalue weighted by molar-refractivity contribution is 9.10. The van der Waals surface area contributed by atoms with E-state index in [2.05, 4.69) is 15.9 Å². The summed E-state index contributed by atoms with van der Waals surface area (Å²) in [5.41, 5.74) is 6.56. The maximum Gasteiger partial charge on any atom is 0.124 e. The van der Waals surface area contributed by atoms with Crippen LogP contribution in [0.15, 0.2) is 22.7 Å². The maximum atomic E-state index is 12.7. The SMILES string of the molecule is Cl.N[C@H](CCO)c1ccc(F)cc1Br. The molecule has 0 saturated carbocycles. The monoisotopic (exact) mass is 283 g/mol. The minimum absolute atomic E-state index is 0. The molecule has 0 fully saturated rings. The number of nitrogens with two attached hydrogens (primary N) is 1. The standard InChI is InChI=1S/C9H11BrFNO.ClH/c10-8-5-6(11)1-2-7(8)9(12)3-4-13;/h1-2,5,9,13H,3-4,12H2;1H/t9-;/m1./s1. The van der Waals surface area contributed by atoms with E-state index in [1.54, 1.807) is 6.07 Å². The average molecular weight is 285 g/mol. The van der Waals surface area contributed by atoms with E-state index in [-0.39, 0.29) is 30.9 Å². The second-order valence-electron chi connectivity index (χ2n) is 2.78. The molecular formula is C9H12BrClFNO. The van der Waals surface area contributed by atoms with Crippen LogP contribution in [-0.4, -0.2) is 11.7 Å². The minimum Gasteiger partial charge on any atom is -0.396 e. The summed E-state index contributed by atoms with van der Waals surface area (Å²) in [7, 11) is 0. The summed E-state index contributed by atoms with van der Waals surface area (Å²) in [5.74, 6) is -0.299. The van der Waals surface area contributed by atoms with Gasteiger partial charge in [0.15, 0.2) is 0 Å². The molecule has 1 atom stereocenters. The summed E-state index contributed by atoms with van der Waals surface area (Å²) in [6.07, 6.45) is 0.476. The van der Waals surface area contributed by atoms with Crippen LogP contribution in [-0.2, 0) is 0 Å². The van der Waals surface area contributed by atoms with E-state index in [1.165, 1.54) is 12.1 Å². The van der Waals surface area contributed by atoms with Gasteiger partial charge in [0.1, 0.15) is 5.82 Å². The van der Waals surface area contributed by atoms with Gasteiger partial charge in [-0.15, -0.1) is 12.4 Å². The molecule has 5 heteroatoms. The summed E-state index contributed by atoms with van der Waals surface area (Å²) in [5, 5.41) is 8.67. The van der Waals surface area contributed by atoms with E-state index in [9.17, 15) is 4.39 Å². The van der Waals surface area contributed by atoms with Crippen LogP contribution in [0.1, 0.15) is 18.0 Å². The Bertz CT molecular complexity index is 298.